The molecule has 5 N–H and O–H groups in total. The number of aromatic hydroxyl groups is 2. The van der Waals surface area contributed by atoms with E-state index >= 15 is 0 Å². The van der Waals surface area contributed by atoms with E-state index in [0.29, 0.717) is 33.6 Å². The summed E-state index contributed by atoms with van der Waals surface area (Å²) in [7, 11) is 0. The van der Waals surface area contributed by atoms with Crippen LogP contribution in [0, 0.1) is 0 Å². The highest BCUT2D eigenvalue weighted by Gasteiger charge is 2.14. The maximum Gasteiger partial charge on any atom is 0.198 e. The van der Waals surface area contributed by atoms with Gasteiger partial charge in [0, 0.05) is 40.0 Å². The van der Waals surface area contributed by atoms with Crippen LogP contribution in [0.25, 0.3) is 10.9 Å². The summed E-state index contributed by atoms with van der Waals surface area (Å²) in [6, 6.07) is 18.4. The van der Waals surface area contributed by atoms with Gasteiger partial charge in [0.25, 0.3) is 0 Å². The number of H-pyrrole nitrogens is 1. The highest BCUT2D eigenvalue weighted by atomic mass is 16.3. The number of hydrogen-bond acceptors (Lipinski definition) is 5. The number of aromatic nitrogens is 1. The van der Waals surface area contributed by atoms with Crippen molar-refractivity contribution >= 4 is 34.3 Å². The van der Waals surface area contributed by atoms with Crippen LogP contribution >= 0.6 is 0 Å². The first-order valence-corrected chi connectivity index (χ1v) is 8.59. The Morgan fingerprint density at radius 2 is 1.75 bits per heavy atom. The highest BCUT2D eigenvalue weighted by molar-refractivity contribution is 6.12. The third kappa shape index (κ3) is 3.31. The number of nitrogens with zero attached hydrogens (tertiary/aromatic N) is 1. The molecule has 0 radical (unpaired) electrons. The fourth-order valence-electron chi connectivity index (χ4n) is 3.04. The summed E-state index contributed by atoms with van der Waals surface area (Å²) in [6.45, 7) is 0. The lowest BCUT2D eigenvalue weighted by Crippen LogP contribution is -2.01. The van der Waals surface area contributed by atoms with Gasteiger partial charge < -0.3 is 20.9 Å². The van der Waals surface area contributed by atoms with Crippen molar-refractivity contribution in [1.29, 1.82) is 0 Å². The molecule has 0 unspecified atom stereocenters. The van der Waals surface area contributed by atoms with E-state index in [1.165, 1.54) is 12.3 Å². The molecule has 0 aliphatic rings. The summed E-state index contributed by atoms with van der Waals surface area (Å²) in [5, 5.41) is 20.5. The van der Waals surface area contributed by atoms with E-state index < -0.39 is 0 Å². The molecule has 0 atom stereocenters. The molecular formula is C22H17N3O3. The molecule has 6 heteroatoms. The van der Waals surface area contributed by atoms with Gasteiger partial charge in [-0.2, -0.15) is 0 Å². The van der Waals surface area contributed by atoms with E-state index in [9.17, 15) is 15.0 Å². The Hall–Kier alpha value is -4.06. The van der Waals surface area contributed by atoms with E-state index in [4.69, 9.17) is 5.73 Å². The third-order valence-corrected chi connectivity index (χ3v) is 4.40. The molecule has 28 heavy (non-hydrogen) atoms. The standard InChI is InChI=1S/C22H17N3O3/c23-15-4-1-3-13(9-15)21(27)14-7-8-18-19(22(28)25-20(18)10-14)12-24-16-5-2-6-17(26)11-16/h1-12,25-26,28H,23H2. The quantitative estimate of drug-likeness (QED) is 0.245. The topological polar surface area (TPSA) is 112 Å². The predicted molar refractivity (Wildman–Crippen MR) is 110 cm³/mol. The molecule has 0 fully saturated rings. The predicted octanol–water partition coefficient (Wildman–Crippen LogP) is 4.14. The number of carbonyl (C=O) groups is 1. The summed E-state index contributed by atoms with van der Waals surface area (Å²) >= 11 is 0. The minimum Gasteiger partial charge on any atom is -0.508 e. The van der Waals surface area contributed by atoms with Gasteiger partial charge in [0.2, 0.25) is 0 Å². The third-order valence-electron chi connectivity index (χ3n) is 4.40. The van der Waals surface area contributed by atoms with Crippen molar-refractivity contribution in [2.45, 2.75) is 0 Å². The Balaban J connectivity index is 1.70. The number of anilines is 1. The Labute approximate surface area is 160 Å². The number of benzene rings is 3. The van der Waals surface area contributed by atoms with E-state index in [0.717, 1.165) is 5.39 Å². The van der Waals surface area contributed by atoms with Gasteiger partial charge in [-0.3, -0.25) is 9.79 Å². The number of nitrogens with one attached hydrogen (secondary N) is 1. The Bertz CT molecular complexity index is 1220. The van der Waals surface area contributed by atoms with Crippen molar-refractivity contribution in [3.8, 4) is 11.6 Å². The van der Waals surface area contributed by atoms with Crippen molar-refractivity contribution in [3.63, 3.8) is 0 Å². The van der Waals surface area contributed by atoms with Crippen LogP contribution in [0.3, 0.4) is 0 Å². The van der Waals surface area contributed by atoms with Crippen molar-refractivity contribution in [2.24, 2.45) is 4.99 Å². The number of nitrogen functional groups attached to an aromatic ring is 1. The van der Waals surface area contributed by atoms with Gasteiger partial charge in [0.15, 0.2) is 11.7 Å². The van der Waals surface area contributed by atoms with Gasteiger partial charge >= 0.3 is 0 Å². The molecule has 4 rings (SSSR count). The molecule has 0 saturated carbocycles. The van der Waals surface area contributed by atoms with Crippen LogP contribution in [0.2, 0.25) is 0 Å². The van der Waals surface area contributed by atoms with Crippen LogP contribution in [0.5, 0.6) is 11.6 Å². The lowest BCUT2D eigenvalue weighted by molar-refractivity contribution is 0.103. The number of fused-ring (bicyclic) bond motifs is 1. The molecule has 0 bridgehead atoms. The van der Waals surface area contributed by atoms with Crippen LogP contribution in [-0.4, -0.2) is 27.2 Å². The number of phenols is 1. The lowest BCUT2D eigenvalue weighted by Gasteiger charge is -2.03. The van der Waals surface area contributed by atoms with Crippen molar-refractivity contribution in [2.75, 3.05) is 5.73 Å². The Kier molecular flexibility index (Phi) is 4.29. The minimum absolute atomic E-state index is 0.0487. The molecule has 0 spiro atoms. The average Bonchev–Trinajstić information content (AvgIpc) is 3.00. The number of carbonyl (C=O) groups excluding carboxylic acids is 1. The van der Waals surface area contributed by atoms with Crippen LogP contribution in [0.15, 0.2) is 71.7 Å². The number of aliphatic imine (C=N–C) groups is 1. The number of rotatable bonds is 4. The second-order valence-corrected chi connectivity index (χ2v) is 6.38. The summed E-state index contributed by atoms with van der Waals surface area (Å²) < 4.78 is 0. The van der Waals surface area contributed by atoms with E-state index in [-0.39, 0.29) is 17.4 Å². The van der Waals surface area contributed by atoms with E-state index in [1.807, 2.05) is 0 Å². The number of aromatic amines is 1. The van der Waals surface area contributed by atoms with Gasteiger partial charge in [-0.25, -0.2) is 0 Å². The van der Waals surface area contributed by atoms with Gasteiger partial charge in [0.1, 0.15) is 5.75 Å². The van der Waals surface area contributed by atoms with Gasteiger partial charge in [-0.05, 0) is 30.3 Å². The van der Waals surface area contributed by atoms with Crippen molar-refractivity contribution < 1.29 is 15.0 Å². The van der Waals surface area contributed by atoms with E-state index in [2.05, 4.69) is 9.98 Å². The maximum atomic E-state index is 12.7. The summed E-state index contributed by atoms with van der Waals surface area (Å²) in [5.41, 5.74) is 8.94. The first-order valence-electron chi connectivity index (χ1n) is 8.59. The van der Waals surface area contributed by atoms with Gasteiger partial charge in [-0.1, -0.05) is 30.3 Å². The largest absolute Gasteiger partial charge is 0.508 e. The number of phenolic OH excluding ortho intramolecular Hbond substituents is 1. The maximum absolute atomic E-state index is 12.7. The molecule has 0 saturated heterocycles. The Morgan fingerprint density at radius 3 is 2.54 bits per heavy atom. The fourth-order valence-corrected chi connectivity index (χ4v) is 3.04. The summed E-state index contributed by atoms with van der Waals surface area (Å²) in [6.07, 6.45) is 1.52. The van der Waals surface area contributed by atoms with Crippen LogP contribution in [0.4, 0.5) is 11.4 Å². The fraction of sp³-hybridized carbons (Fsp3) is 0. The van der Waals surface area contributed by atoms with Gasteiger partial charge in [0.05, 0.1) is 11.3 Å². The molecular weight excluding hydrogens is 354 g/mol. The first kappa shape index (κ1) is 17.4. The van der Waals surface area contributed by atoms with Crippen LogP contribution in [-0.2, 0) is 0 Å². The molecule has 3 aromatic carbocycles. The number of ketones is 1. The molecule has 1 aromatic heterocycles. The number of hydrogen-bond donors (Lipinski definition) is 4. The Morgan fingerprint density at radius 1 is 0.964 bits per heavy atom. The SMILES string of the molecule is Nc1cccc(C(=O)c2ccc3c(C=Nc4cccc(O)c4)c(O)[nH]c3c2)c1. The number of nitrogens with two attached hydrogens (primary N) is 1. The van der Waals surface area contributed by atoms with Crippen LogP contribution < -0.4 is 5.73 Å². The minimum atomic E-state index is -0.154. The van der Waals surface area contributed by atoms with E-state index in [1.54, 1.807) is 60.7 Å². The zero-order valence-electron chi connectivity index (χ0n) is 14.8. The van der Waals surface area contributed by atoms with Gasteiger partial charge in [-0.15, -0.1) is 0 Å². The zero-order valence-corrected chi connectivity index (χ0v) is 14.8. The molecule has 0 aliphatic carbocycles. The smallest absolute Gasteiger partial charge is 0.198 e. The molecule has 4 aromatic rings. The van der Waals surface area contributed by atoms with Crippen molar-refractivity contribution in [3.05, 3.63) is 83.4 Å². The lowest BCUT2D eigenvalue weighted by atomic mass is 10.0. The molecule has 6 nitrogen and oxygen atoms in total. The molecule has 0 amide bonds. The second kappa shape index (κ2) is 6.92. The highest BCUT2D eigenvalue weighted by Crippen LogP contribution is 2.28. The zero-order chi connectivity index (χ0) is 19.7. The normalized spacial score (nSPS) is 11.3. The monoisotopic (exact) mass is 371 g/mol. The summed E-state index contributed by atoms with van der Waals surface area (Å²) in [4.78, 5) is 19.9. The summed E-state index contributed by atoms with van der Waals surface area (Å²) in [5.74, 6) is -0.0896. The molecule has 138 valence electrons. The average molecular weight is 371 g/mol. The van der Waals surface area contributed by atoms with Crippen LogP contribution in [0.1, 0.15) is 21.5 Å². The molecule has 0 aliphatic heterocycles. The molecule has 1 heterocycles. The second-order valence-electron chi connectivity index (χ2n) is 6.38. The first-order chi connectivity index (χ1) is 13.5. The van der Waals surface area contributed by atoms with Crippen molar-refractivity contribution in [1.82, 2.24) is 4.98 Å².